The molecule has 0 aliphatic carbocycles. The fourth-order valence-electron chi connectivity index (χ4n) is 2.82. The van der Waals surface area contributed by atoms with Gasteiger partial charge >= 0.3 is 0 Å². The number of carbonyl (C=O) groups is 1. The monoisotopic (exact) mass is 430 g/mol. The van der Waals surface area contributed by atoms with E-state index in [2.05, 4.69) is 22.9 Å². The molecule has 142 valence electrons. The fourth-order valence-corrected chi connectivity index (χ4v) is 4.52. The molecule has 0 unspecified atom stereocenters. The summed E-state index contributed by atoms with van der Waals surface area (Å²) in [5.74, 6) is 0.147. The van der Waals surface area contributed by atoms with E-state index >= 15 is 0 Å². The van der Waals surface area contributed by atoms with Crippen LogP contribution in [-0.4, -0.2) is 25.3 Å². The average molecular weight is 431 g/mol. The lowest BCUT2D eigenvalue weighted by molar-refractivity contribution is 0.102. The van der Waals surface area contributed by atoms with Crippen LogP contribution in [0.1, 0.15) is 81.5 Å². The maximum absolute atomic E-state index is 12.3. The van der Waals surface area contributed by atoms with Crippen LogP contribution in [0.3, 0.4) is 0 Å². The van der Waals surface area contributed by atoms with E-state index < -0.39 is 9.84 Å². The molecular weight excluding hydrogens is 400 g/mol. The fraction of sp³-hybridized carbons (Fsp3) is 0.650. The second kappa shape index (κ2) is 12.6. The number of hydrogen-bond donors (Lipinski definition) is 0. The predicted octanol–water partition coefficient (Wildman–Crippen LogP) is 5.96. The molecule has 5 heteroatoms. The summed E-state index contributed by atoms with van der Waals surface area (Å²) in [5.41, 5.74) is 0.537. The van der Waals surface area contributed by atoms with Gasteiger partial charge in [-0.15, -0.1) is 0 Å². The zero-order valence-electron chi connectivity index (χ0n) is 15.3. The van der Waals surface area contributed by atoms with Crippen molar-refractivity contribution in [3.05, 3.63) is 29.8 Å². The molecule has 3 nitrogen and oxygen atoms in total. The molecule has 1 rings (SSSR count). The molecule has 0 spiro atoms. The van der Waals surface area contributed by atoms with E-state index in [1.165, 1.54) is 44.9 Å². The van der Waals surface area contributed by atoms with Crippen LogP contribution in [0, 0.1) is 0 Å². The quantitative estimate of drug-likeness (QED) is 0.208. The lowest BCUT2D eigenvalue weighted by Gasteiger charge is -2.06. The van der Waals surface area contributed by atoms with Crippen molar-refractivity contribution in [2.45, 2.75) is 76.0 Å². The summed E-state index contributed by atoms with van der Waals surface area (Å²) in [4.78, 5) is 11.9. The topological polar surface area (TPSA) is 51.2 Å². The van der Waals surface area contributed by atoms with Crippen molar-refractivity contribution in [3.63, 3.8) is 0 Å². The minimum absolute atomic E-state index is 0.0429. The Morgan fingerprint density at radius 2 is 1.32 bits per heavy atom. The molecule has 25 heavy (non-hydrogen) atoms. The first-order valence-electron chi connectivity index (χ1n) is 9.43. The van der Waals surface area contributed by atoms with Gasteiger partial charge in [0.1, 0.15) is 0 Å². The summed E-state index contributed by atoms with van der Waals surface area (Å²) in [5, 5.41) is 0.248. The van der Waals surface area contributed by atoms with Crippen molar-refractivity contribution >= 4 is 31.6 Å². The summed E-state index contributed by atoms with van der Waals surface area (Å²) < 4.78 is 24.6. The Labute approximate surface area is 161 Å². The molecule has 0 fully saturated rings. The van der Waals surface area contributed by atoms with Crippen LogP contribution in [0.25, 0.3) is 0 Å². The van der Waals surface area contributed by atoms with Crippen LogP contribution in [0.15, 0.2) is 29.2 Å². The predicted molar refractivity (Wildman–Crippen MR) is 108 cm³/mol. The Kier molecular flexibility index (Phi) is 11.3. The molecule has 0 aliphatic rings. The molecule has 1 aromatic carbocycles. The molecule has 0 amide bonds. The number of ketones is 1. The first-order valence-corrected chi connectivity index (χ1v) is 12.2. The summed E-state index contributed by atoms with van der Waals surface area (Å²) in [6.45, 7) is 2.23. The third-order valence-corrected chi connectivity index (χ3v) is 6.75. The molecule has 0 saturated carbocycles. The normalized spacial score (nSPS) is 11.6. The number of sulfone groups is 1. The molecule has 0 aromatic heterocycles. The van der Waals surface area contributed by atoms with Crippen LogP contribution in [-0.2, 0) is 9.84 Å². The third-order valence-electron chi connectivity index (χ3n) is 4.42. The van der Waals surface area contributed by atoms with Crippen LogP contribution in [0.4, 0.5) is 0 Å². The zero-order valence-corrected chi connectivity index (χ0v) is 17.7. The SMILES string of the molecule is CCCCCCCCCCCCS(=O)(=O)c1ccc(C(=O)CBr)cc1. The highest BCUT2D eigenvalue weighted by molar-refractivity contribution is 9.09. The number of carbonyl (C=O) groups excluding carboxylic acids is 1. The second-order valence-electron chi connectivity index (χ2n) is 6.58. The lowest BCUT2D eigenvalue weighted by atomic mass is 10.1. The number of hydrogen-bond acceptors (Lipinski definition) is 3. The standard InChI is InChI=1S/C20H31BrO3S/c1-2-3-4-5-6-7-8-9-10-11-16-25(23,24)19-14-12-18(13-15-19)20(22)17-21/h12-15H,2-11,16-17H2,1H3. The summed E-state index contributed by atoms with van der Waals surface area (Å²) >= 11 is 3.12. The summed E-state index contributed by atoms with van der Waals surface area (Å²) in [6, 6.07) is 6.27. The lowest BCUT2D eigenvalue weighted by Crippen LogP contribution is -2.08. The number of unbranched alkanes of at least 4 members (excludes halogenated alkanes) is 9. The van der Waals surface area contributed by atoms with Gasteiger partial charge < -0.3 is 0 Å². The summed E-state index contributed by atoms with van der Waals surface area (Å²) in [7, 11) is -3.24. The minimum atomic E-state index is -3.24. The Hall–Kier alpha value is -0.680. The molecule has 1 aromatic rings. The van der Waals surface area contributed by atoms with Crippen molar-refractivity contribution in [3.8, 4) is 0 Å². The van der Waals surface area contributed by atoms with Gasteiger partial charge in [-0.05, 0) is 18.6 Å². The van der Waals surface area contributed by atoms with Crippen molar-refractivity contribution in [1.82, 2.24) is 0 Å². The van der Waals surface area contributed by atoms with E-state index in [0.717, 1.165) is 12.8 Å². The largest absolute Gasteiger partial charge is 0.293 e. The van der Waals surface area contributed by atoms with Gasteiger partial charge in [-0.3, -0.25) is 4.79 Å². The molecule has 0 N–H and O–H groups in total. The Bertz CT molecular complexity index is 594. The molecule has 0 atom stereocenters. The maximum atomic E-state index is 12.3. The van der Waals surface area contributed by atoms with Gasteiger partial charge in [-0.25, -0.2) is 8.42 Å². The van der Waals surface area contributed by atoms with Gasteiger partial charge in [0.25, 0.3) is 0 Å². The third kappa shape index (κ3) is 9.00. The number of Topliss-reactive ketones (excluding diaryl/α,β-unsaturated/α-hetero) is 1. The van der Waals surface area contributed by atoms with Crippen molar-refractivity contribution in [1.29, 1.82) is 0 Å². The van der Waals surface area contributed by atoms with E-state index in [-0.39, 0.29) is 16.9 Å². The van der Waals surface area contributed by atoms with Gasteiger partial charge in [-0.2, -0.15) is 0 Å². The highest BCUT2D eigenvalue weighted by Crippen LogP contribution is 2.16. The molecular formula is C20H31BrO3S. The molecule has 0 heterocycles. The van der Waals surface area contributed by atoms with Crippen LogP contribution in [0.5, 0.6) is 0 Å². The second-order valence-corrected chi connectivity index (χ2v) is 9.25. The van der Waals surface area contributed by atoms with E-state index in [1.807, 2.05) is 0 Å². The van der Waals surface area contributed by atoms with E-state index in [4.69, 9.17) is 0 Å². The number of rotatable bonds is 14. The number of benzene rings is 1. The first-order chi connectivity index (χ1) is 12.0. The van der Waals surface area contributed by atoms with Gasteiger partial charge in [0.2, 0.25) is 0 Å². The molecule has 0 radical (unpaired) electrons. The van der Waals surface area contributed by atoms with Crippen LogP contribution in [0.2, 0.25) is 0 Å². The van der Waals surface area contributed by atoms with Gasteiger partial charge in [0.15, 0.2) is 15.6 Å². The van der Waals surface area contributed by atoms with Gasteiger partial charge in [0, 0.05) is 5.56 Å². The van der Waals surface area contributed by atoms with E-state index in [1.54, 1.807) is 24.3 Å². The van der Waals surface area contributed by atoms with Crippen molar-refractivity contribution in [2.24, 2.45) is 0 Å². The Balaban J connectivity index is 2.24. The maximum Gasteiger partial charge on any atom is 0.178 e. The first kappa shape index (κ1) is 22.4. The van der Waals surface area contributed by atoms with Gasteiger partial charge in [-0.1, -0.05) is 92.8 Å². The number of alkyl halides is 1. The zero-order chi connectivity index (χ0) is 18.5. The smallest absolute Gasteiger partial charge is 0.178 e. The van der Waals surface area contributed by atoms with Crippen LogP contribution < -0.4 is 0 Å². The highest BCUT2D eigenvalue weighted by Gasteiger charge is 2.14. The summed E-state index contributed by atoms with van der Waals surface area (Å²) in [6.07, 6.45) is 11.8. The van der Waals surface area contributed by atoms with Crippen LogP contribution >= 0.6 is 15.9 Å². The molecule has 0 saturated heterocycles. The van der Waals surface area contributed by atoms with Gasteiger partial charge in [0.05, 0.1) is 16.0 Å². The minimum Gasteiger partial charge on any atom is -0.293 e. The van der Waals surface area contributed by atoms with E-state index in [0.29, 0.717) is 16.9 Å². The Morgan fingerprint density at radius 1 is 0.840 bits per heavy atom. The molecule has 0 aliphatic heterocycles. The van der Waals surface area contributed by atoms with Crippen molar-refractivity contribution < 1.29 is 13.2 Å². The molecule has 0 bridgehead atoms. The average Bonchev–Trinajstić information content (AvgIpc) is 2.62. The van der Waals surface area contributed by atoms with E-state index in [9.17, 15) is 13.2 Å². The van der Waals surface area contributed by atoms with Crippen molar-refractivity contribution in [2.75, 3.05) is 11.1 Å². The highest BCUT2D eigenvalue weighted by atomic mass is 79.9. The number of halogens is 1. The Morgan fingerprint density at radius 3 is 1.80 bits per heavy atom.